The van der Waals surface area contributed by atoms with Gasteiger partial charge >= 0.3 is 0 Å². The zero-order valence-corrected chi connectivity index (χ0v) is 12.4. The van der Waals surface area contributed by atoms with Crippen molar-refractivity contribution in [3.63, 3.8) is 0 Å². The number of rotatable bonds is 4. The third-order valence-corrected chi connectivity index (χ3v) is 4.53. The molecule has 0 aliphatic heterocycles. The Morgan fingerprint density at radius 3 is 2.55 bits per heavy atom. The minimum atomic E-state index is 0.232. The molecular formula is C17H13ClOS. The largest absolute Gasteiger partial charge is 0.299 e. The topological polar surface area (TPSA) is 17.1 Å². The molecule has 0 saturated carbocycles. The molecule has 0 aliphatic rings. The van der Waals surface area contributed by atoms with Crippen molar-refractivity contribution in [2.75, 3.05) is 0 Å². The molecule has 0 radical (unpaired) electrons. The molecule has 0 atom stereocenters. The Labute approximate surface area is 126 Å². The lowest BCUT2D eigenvalue weighted by molar-refractivity contribution is -0.117. The van der Waals surface area contributed by atoms with Crippen molar-refractivity contribution in [1.29, 1.82) is 0 Å². The zero-order valence-electron chi connectivity index (χ0n) is 10.8. The molecule has 0 bridgehead atoms. The van der Waals surface area contributed by atoms with Crippen molar-refractivity contribution in [3.05, 3.63) is 70.1 Å². The van der Waals surface area contributed by atoms with Gasteiger partial charge < -0.3 is 0 Å². The van der Waals surface area contributed by atoms with Gasteiger partial charge in [0.1, 0.15) is 5.78 Å². The van der Waals surface area contributed by atoms with E-state index in [1.54, 1.807) is 11.3 Å². The van der Waals surface area contributed by atoms with Crippen LogP contribution in [0.25, 0.3) is 10.1 Å². The Balaban J connectivity index is 1.74. The van der Waals surface area contributed by atoms with Crippen molar-refractivity contribution >= 4 is 38.8 Å². The number of hydrogen-bond donors (Lipinski definition) is 0. The van der Waals surface area contributed by atoms with Crippen molar-refractivity contribution in [2.45, 2.75) is 12.8 Å². The van der Waals surface area contributed by atoms with E-state index >= 15 is 0 Å². The molecule has 2 aromatic carbocycles. The van der Waals surface area contributed by atoms with Crippen LogP contribution in [0.5, 0.6) is 0 Å². The maximum atomic E-state index is 12.2. The van der Waals surface area contributed by atoms with E-state index in [1.165, 1.54) is 10.1 Å². The fraction of sp³-hybridized carbons (Fsp3) is 0.118. The second-order valence-corrected chi connectivity index (χ2v) is 6.12. The highest BCUT2D eigenvalue weighted by molar-refractivity contribution is 7.17. The minimum absolute atomic E-state index is 0.232. The van der Waals surface area contributed by atoms with Crippen LogP contribution in [0.1, 0.15) is 11.1 Å². The molecule has 3 aromatic rings. The van der Waals surface area contributed by atoms with Gasteiger partial charge in [-0.05, 0) is 40.1 Å². The summed E-state index contributed by atoms with van der Waals surface area (Å²) in [4.78, 5) is 12.2. The van der Waals surface area contributed by atoms with Gasteiger partial charge in [-0.2, -0.15) is 0 Å². The highest BCUT2D eigenvalue weighted by Crippen LogP contribution is 2.26. The average molecular weight is 301 g/mol. The minimum Gasteiger partial charge on any atom is -0.299 e. The Bertz CT molecular complexity index is 743. The maximum Gasteiger partial charge on any atom is 0.141 e. The van der Waals surface area contributed by atoms with E-state index in [9.17, 15) is 4.79 Å². The second kappa shape index (κ2) is 5.78. The number of Topliss-reactive ketones (excluding diaryl/α,β-unsaturated/α-hetero) is 1. The van der Waals surface area contributed by atoms with Crippen LogP contribution in [0, 0.1) is 0 Å². The fourth-order valence-corrected chi connectivity index (χ4v) is 3.36. The number of ketones is 1. The van der Waals surface area contributed by atoms with Crippen LogP contribution >= 0.6 is 22.9 Å². The van der Waals surface area contributed by atoms with Gasteiger partial charge in [-0.1, -0.05) is 41.9 Å². The fourth-order valence-electron chi connectivity index (χ4n) is 2.27. The summed E-state index contributed by atoms with van der Waals surface area (Å²) < 4.78 is 1.24. The van der Waals surface area contributed by atoms with Gasteiger partial charge in [0, 0.05) is 22.6 Å². The van der Waals surface area contributed by atoms with Gasteiger partial charge in [-0.15, -0.1) is 11.3 Å². The molecule has 1 heterocycles. The van der Waals surface area contributed by atoms with Gasteiger partial charge in [0.05, 0.1) is 0 Å². The summed E-state index contributed by atoms with van der Waals surface area (Å²) in [6, 6.07) is 15.7. The summed E-state index contributed by atoms with van der Waals surface area (Å²) in [5.74, 6) is 0.232. The first-order valence-corrected chi connectivity index (χ1v) is 7.69. The zero-order chi connectivity index (χ0) is 13.9. The average Bonchev–Trinajstić information content (AvgIpc) is 2.85. The SMILES string of the molecule is O=C(Cc1ccc(Cl)cc1)Cc1csc2ccccc12. The number of hydrogen-bond acceptors (Lipinski definition) is 2. The Kier molecular flexibility index (Phi) is 3.86. The van der Waals surface area contributed by atoms with E-state index in [0.717, 1.165) is 11.1 Å². The predicted molar refractivity (Wildman–Crippen MR) is 85.7 cm³/mol. The van der Waals surface area contributed by atoms with Gasteiger partial charge in [-0.3, -0.25) is 4.79 Å². The molecule has 3 rings (SSSR count). The van der Waals surface area contributed by atoms with Crippen LogP contribution in [0.4, 0.5) is 0 Å². The first-order valence-electron chi connectivity index (χ1n) is 6.43. The lowest BCUT2D eigenvalue weighted by atomic mass is 10.0. The predicted octanol–water partition coefficient (Wildman–Crippen LogP) is 4.91. The summed E-state index contributed by atoms with van der Waals surface area (Å²) in [5.41, 5.74) is 2.14. The summed E-state index contributed by atoms with van der Waals surface area (Å²) in [7, 11) is 0. The summed E-state index contributed by atoms with van der Waals surface area (Å²) in [6.07, 6.45) is 0.952. The molecular weight excluding hydrogens is 288 g/mol. The van der Waals surface area contributed by atoms with Gasteiger partial charge in [-0.25, -0.2) is 0 Å². The molecule has 0 unspecified atom stereocenters. The summed E-state index contributed by atoms with van der Waals surface area (Å²) >= 11 is 7.54. The van der Waals surface area contributed by atoms with Gasteiger partial charge in [0.2, 0.25) is 0 Å². The van der Waals surface area contributed by atoms with E-state index in [4.69, 9.17) is 11.6 Å². The summed E-state index contributed by atoms with van der Waals surface area (Å²) in [6.45, 7) is 0. The van der Waals surface area contributed by atoms with E-state index in [1.807, 2.05) is 36.4 Å². The Morgan fingerprint density at radius 2 is 1.75 bits per heavy atom. The molecule has 20 heavy (non-hydrogen) atoms. The first-order chi connectivity index (χ1) is 9.72. The third kappa shape index (κ3) is 2.92. The number of thiophene rings is 1. The molecule has 0 saturated heterocycles. The highest BCUT2D eigenvalue weighted by Gasteiger charge is 2.09. The molecule has 0 N–H and O–H groups in total. The number of carbonyl (C=O) groups is 1. The van der Waals surface area contributed by atoms with E-state index in [-0.39, 0.29) is 5.78 Å². The first kappa shape index (κ1) is 13.3. The second-order valence-electron chi connectivity index (χ2n) is 4.78. The van der Waals surface area contributed by atoms with Crippen LogP contribution in [0.2, 0.25) is 5.02 Å². The van der Waals surface area contributed by atoms with Crippen LogP contribution < -0.4 is 0 Å². The van der Waals surface area contributed by atoms with Gasteiger partial charge in [0.25, 0.3) is 0 Å². The lowest BCUT2D eigenvalue weighted by Gasteiger charge is -2.01. The highest BCUT2D eigenvalue weighted by atomic mass is 35.5. The van der Waals surface area contributed by atoms with Gasteiger partial charge in [0.15, 0.2) is 0 Å². The van der Waals surface area contributed by atoms with E-state index < -0.39 is 0 Å². The lowest BCUT2D eigenvalue weighted by Crippen LogP contribution is -2.06. The number of benzene rings is 2. The van der Waals surface area contributed by atoms with Crippen molar-refractivity contribution in [3.8, 4) is 0 Å². The van der Waals surface area contributed by atoms with Crippen LogP contribution in [-0.4, -0.2) is 5.78 Å². The van der Waals surface area contributed by atoms with Crippen molar-refractivity contribution < 1.29 is 4.79 Å². The maximum absolute atomic E-state index is 12.2. The Morgan fingerprint density at radius 1 is 1.00 bits per heavy atom. The molecule has 0 amide bonds. The molecule has 3 heteroatoms. The normalized spacial score (nSPS) is 10.8. The molecule has 1 aromatic heterocycles. The number of halogens is 1. The van der Waals surface area contributed by atoms with Crippen molar-refractivity contribution in [1.82, 2.24) is 0 Å². The molecule has 0 fully saturated rings. The number of carbonyl (C=O) groups excluding carboxylic acids is 1. The van der Waals surface area contributed by atoms with Crippen LogP contribution in [0.15, 0.2) is 53.9 Å². The quantitative estimate of drug-likeness (QED) is 0.669. The van der Waals surface area contributed by atoms with E-state index in [2.05, 4.69) is 17.5 Å². The number of fused-ring (bicyclic) bond motifs is 1. The van der Waals surface area contributed by atoms with Crippen LogP contribution in [-0.2, 0) is 17.6 Å². The third-order valence-electron chi connectivity index (χ3n) is 3.26. The molecule has 1 nitrogen and oxygen atoms in total. The summed E-state index contributed by atoms with van der Waals surface area (Å²) in [5, 5.41) is 3.98. The van der Waals surface area contributed by atoms with E-state index in [0.29, 0.717) is 17.9 Å². The van der Waals surface area contributed by atoms with Crippen LogP contribution in [0.3, 0.4) is 0 Å². The van der Waals surface area contributed by atoms with Crippen molar-refractivity contribution in [2.24, 2.45) is 0 Å². The smallest absolute Gasteiger partial charge is 0.141 e. The molecule has 0 spiro atoms. The Hall–Kier alpha value is -1.64. The molecule has 100 valence electrons. The monoisotopic (exact) mass is 300 g/mol. The standard InChI is InChI=1S/C17H13ClOS/c18-14-7-5-12(6-8-14)9-15(19)10-13-11-20-17-4-2-1-3-16(13)17/h1-8,11H,9-10H2. The molecule has 0 aliphatic carbocycles.